The average molecular weight is 376 g/mol. The van der Waals surface area contributed by atoms with Crippen LogP contribution in [0.25, 0.3) is 4.96 Å². The maximum atomic E-state index is 12.9. The molecule has 5 nitrogen and oxygen atoms in total. The topological polar surface area (TPSA) is 60.7 Å². The van der Waals surface area contributed by atoms with E-state index >= 15 is 0 Å². The third-order valence-corrected chi connectivity index (χ3v) is 4.98. The Morgan fingerprint density at radius 1 is 1.04 bits per heavy atom. The van der Waals surface area contributed by atoms with E-state index in [1.165, 1.54) is 21.8 Å². The highest BCUT2D eigenvalue weighted by atomic mass is 32.1. The highest BCUT2D eigenvalue weighted by Crippen LogP contribution is 2.26. The Bertz CT molecular complexity index is 1080. The van der Waals surface area contributed by atoms with Crippen LogP contribution in [0.5, 0.6) is 0 Å². The lowest BCUT2D eigenvalue weighted by Gasteiger charge is -2.17. The smallest absolute Gasteiger partial charge is 0.318 e. The van der Waals surface area contributed by atoms with Crippen molar-refractivity contribution < 1.29 is 9.53 Å². The van der Waals surface area contributed by atoms with Crippen molar-refractivity contribution in [3.63, 3.8) is 0 Å². The van der Waals surface area contributed by atoms with Crippen LogP contribution in [-0.2, 0) is 16.1 Å². The predicted molar refractivity (Wildman–Crippen MR) is 104 cm³/mol. The standard InChI is InChI=1S/C21H16N2O3S/c24-18-13-17(22-21-23(18)11-12-27-21)14-26-20(25)19(15-7-3-1-4-8-15)16-9-5-2-6-10-16/h1-13,19H,14H2. The maximum Gasteiger partial charge on any atom is 0.318 e. The van der Waals surface area contributed by atoms with Crippen molar-refractivity contribution in [1.82, 2.24) is 9.38 Å². The molecule has 0 aliphatic rings. The van der Waals surface area contributed by atoms with Crippen LogP contribution in [0, 0.1) is 0 Å². The Labute approximate surface area is 159 Å². The van der Waals surface area contributed by atoms with Crippen LogP contribution in [0.2, 0.25) is 0 Å². The van der Waals surface area contributed by atoms with Crippen molar-refractivity contribution in [1.29, 1.82) is 0 Å². The fraction of sp³-hybridized carbons (Fsp3) is 0.0952. The second-order valence-electron chi connectivity index (χ2n) is 6.00. The van der Waals surface area contributed by atoms with E-state index in [-0.39, 0.29) is 18.1 Å². The summed E-state index contributed by atoms with van der Waals surface area (Å²) in [5.41, 5.74) is 1.97. The van der Waals surface area contributed by atoms with E-state index in [1.807, 2.05) is 60.7 Å². The summed E-state index contributed by atoms with van der Waals surface area (Å²) in [7, 11) is 0. The fourth-order valence-corrected chi connectivity index (χ4v) is 3.68. The van der Waals surface area contributed by atoms with Crippen molar-refractivity contribution in [2.45, 2.75) is 12.5 Å². The molecule has 0 bridgehead atoms. The number of benzene rings is 2. The molecule has 0 spiro atoms. The van der Waals surface area contributed by atoms with Crippen LogP contribution >= 0.6 is 11.3 Å². The number of carbonyl (C=O) groups excluding carboxylic acids is 1. The van der Waals surface area contributed by atoms with E-state index in [1.54, 1.807) is 11.6 Å². The molecule has 0 saturated carbocycles. The van der Waals surface area contributed by atoms with Gasteiger partial charge in [0.05, 0.1) is 5.69 Å². The van der Waals surface area contributed by atoms with Crippen LogP contribution < -0.4 is 5.56 Å². The second kappa shape index (κ2) is 7.55. The summed E-state index contributed by atoms with van der Waals surface area (Å²) >= 11 is 1.36. The molecule has 0 atom stereocenters. The van der Waals surface area contributed by atoms with Gasteiger partial charge in [0.25, 0.3) is 5.56 Å². The van der Waals surface area contributed by atoms with Gasteiger partial charge in [0, 0.05) is 17.6 Å². The van der Waals surface area contributed by atoms with Crippen molar-refractivity contribution in [3.05, 3.63) is 105 Å². The number of carbonyl (C=O) groups is 1. The number of nitrogens with zero attached hydrogens (tertiary/aromatic N) is 2. The fourth-order valence-electron chi connectivity index (χ4n) is 2.95. The van der Waals surface area contributed by atoms with Gasteiger partial charge >= 0.3 is 5.97 Å². The Balaban J connectivity index is 1.59. The summed E-state index contributed by atoms with van der Waals surface area (Å²) < 4.78 is 7.00. The van der Waals surface area contributed by atoms with Crippen LogP contribution in [0.15, 0.2) is 83.1 Å². The molecule has 2 aromatic heterocycles. The first-order valence-corrected chi connectivity index (χ1v) is 9.32. The average Bonchev–Trinajstić information content (AvgIpc) is 3.18. The zero-order valence-electron chi connectivity index (χ0n) is 14.3. The molecule has 4 rings (SSSR count). The first-order valence-electron chi connectivity index (χ1n) is 8.45. The summed E-state index contributed by atoms with van der Waals surface area (Å²) in [6, 6.07) is 20.4. The van der Waals surface area contributed by atoms with Crippen molar-refractivity contribution in [2.24, 2.45) is 0 Å². The summed E-state index contributed by atoms with van der Waals surface area (Å²) in [6.07, 6.45) is 1.67. The molecule has 0 amide bonds. The highest BCUT2D eigenvalue weighted by molar-refractivity contribution is 7.15. The number of hydrogen-bond donors (Lipinski definition) is 0. The third kappa shape index (κ3) is 3.66. The Morgan fingerprint density at radius 3 is 2.30 bits per heavy atom. The summed E-state index contributed by atoms with van der Waals surface area (Å²) in [4.78, 5) is 29.9. The number of hydrogen-bond acceptors (Lipinski definition) is 5. The molecular weight excluding hydrogens is 360 g/mol. The first kappa shape index (κ1) is 17.2. The molecule has 0 fully saturated rings. The van der Waals surface area contributed by atoms with Crippen molar-refractivity contribution >= 4 is 22.3 Å². The van der Waals surface area contributed by atoms with Crippen LogP contribution in [0.1, 0.15) is 22.7 Å². The number of rotatable bonds is 5. The molecule has 0 aliphatic carbocycles. The third-order valence-electron chi connectivity index (χ3n) is 4.22. The molecule has 2 aromatic carbocycles. The SMILES string of the molecule is O=C(OCc1cc(=O)n2ccsc2n1)C(c1ccccc1)c1ccccc1. The normalized spacial score (nSPS) is 11.0. The summed E-state index contributed by atoms with van der Waals surface area (Å²) in [5, 5.41) is 1.79. The monoisotopic (exact) mass is 376 g/mol. The molecule has 0 unspecified atom stereocenters. The van der Waals surface area contributed by atoms with Crippen molar-refractivity contribution in [2.75, 3.05) is 0 Å². The molecule has 134 valence electrons. The Kier molecular flexibility index (Phi) is 4.80. The van der Waals surface area contributed by atoms with Gasteiger partial charge in [-0.15, -0.1) is 11.3 Å². The van der Waals surface area contributed by atoms with Gasteiger partial charge < -0.3 is 4.74 Å². The zero-order valence-corrected chi connectivity index (χ0v) is 15.1. The van der Waals surface area contributed by atoms with Gasteiger partial charge in [-0.3, -0.25) is 14.0 Å². The van der Waals surface area contributed by atoms with Crippen LogP contribution in [0.4, 0.5) is 0 Å². The van der Waals surface area contributed by atoms with E-state index < -0.39 is 5.92 Å². The van der Waals surface area contributed by atoms with Gasteiger partial charge in [-0.05, 0) is 11.1 Å². The molecule has 27 heavy (non-hydrogen) atoms. The molecule has 0 radical (unpaired) electrons. The first-order chi connectivity index (χ1) is 13.2. The van der Waals surface area contributed by atoms with Gasteiger partial charge in [-0.2, -0.15) is 0 Å². The Morgan fingerprint density at radius 2 is 1.67 bits per heavy atom. The quantitative estimate of drug-likeness (QED) is 0.499. The van der Waals surface area contributed by atoms with E-state index in [9.17, 15) is 9.59 Å². The van der Waals surface area contributed by atoms with Gasteiger partial charge in [-0.25, -0.2) is 4.98 Å². The molecule has 6 heteroatoms. The lowest BCUT2D eigenvalue weighted by atomic mass is 9.91. The van der Waals surface area contributed by atoms with E-state index in [0.717, 1.165) is 11.1 Å². The van der Waals surface area contributed by atoms with E-state index in [0.29, 0.717) is 10.7 Å². The lowest BCUT2D eigenvalue weighted by Crippen LogP contribution is -2.19. The summed E-state index contributed by atoms with van der Waals surface area (Å²) in [6.45, 7) is -0.0430. The molecule has 0 aliphatic heterocycles. The molecule has 0 saturated heterocycles. The summed E-state index contributed by atoms with van der Waals surface area (Å²) in [5.74, 6) is -0.903. The van der Waals surface area contributed by atoms with Gasteiger partial charge in [-0.1, -0.05) is 60.7 Å². The van der Waals surface area contributed by atoms with Gasteiger partial charge in [0.2, 0.25) is 0 Å². The van der Waals surface area contributed by atoms with E-state index in [2.05, 4.69) is 4.98 Å². The molecule has 0 N–H and O–H groups in total. The minimum Gasteiger partial charge on any atom is -0.458 e. The number of aromatic nitrogens is 2. The number of fused-ring (bicyclic) bond motifs is 1. The molecule has 4 aromatic rings. The van der Waals surface area contributed by atoms with Crippen LogP contribution in [0.3, 0.4) is 0 Å². The minimum absolute atomic E-state index is 0.0430. The minimum atomic E-state index is -0.529. The highest BCUT2D eigenvalue weighted by Gasteiger charge is 2.24. The largest absolute Gasteiger partial charge is 0.458 e. The van der Waals surface area contributed by atoms with Crippen molar-refractivity contribution in [3.8, 4) is 0 Å². The predicted octanol–water partition coefficient (Wildman–Crippen LogP) is 3.63. The molecule has 2 heterocycles. The number of esters is 1. The second-order valence-corrected chi connectivity index (χ2v) is 6.88. The Hall–Kier alpha value is -3.25. The zero-order chi connectivity index (χ0) is 18.6. The maximum absolute atomic E-state index is 12.9. The lowest BCUT2D eigenvalue weighted by molar-refractivity contribution is -0.145. The number of thiazole rings is 1. The number of ether oxygens (including phenoxy) is 1. The van der Waals surface area contributed by atoms with Gasteiger partial charge in [0.15, 0.2) is 4.96 Å². The van der Waals surface area contributed by atoms with Gasteiger partial charge in [0.1, 0.15) is 12.5 Å². The van der Waals surface area contributed by atoms with E-state index in [4.69, 9.17) is 4.74 Å². The molecular formula is C21H16N2O3S. The van der Waals surface area contributed by atoms with Crippen LogP contribution in [-0.4, -0.2) is 15.4 Å².